The molecule has 0 aromatic carbocycles. The molecule has 0 aromatic rings. The van der Waals surface area contributed by atoms with Crippen LogP contribution >= 0.6 is 0 Å². The highest BCUT2D eigenvalue weighted by Gasteiger charge is 2.34. The number of hydrogen-bond donors (Lipinski definition) is 0. The standard InChI is InChI=1S/C14H27N3O3S/c1-12(2)15(3)14(18)17-8-6-16(7-9-17)11-13-5-4-10-21(13,19)20/h12-13H,4-11H2,1-3H3. The van der Waals surface area contributed by atoms with Crippen molar-refractivity contribution >= 4 is 15.9 Å². The minimum absolute atomic E-state index is 0.0677. The molecule has 1 atom stereocenters. The Balaban J connectivity index is 1.82. The zero-order valence-electron chi connectivity index (χ0n) is 13.3. The lowest BCUT2D eigenvalue weighted by Gasteiger charge is -2.38. The quantitative estimate of drug-likeness (QED) is 0.766. The Morgan fingerprint density at radius 1 is 1.24 bits per heavy atom. The Morgan fingerprint density at radius 3 is 2.33 bits per heavy atom. The average Bonchev–Trinajstić information content (AvgIpc) is 2.77. The lowest BCUT2D eigenvalue weighted by atomic mass is 10.2. The van der Waals surface area contributed by atoms with Crippen molar-refractivity contribution in [2.45, 2.75) is 38.0 Å². The molecule has 21 heavy (non-hydrogen) atoms. The van der Waals surface area contributed by atoms with Crippen LogP contribution in [0.2, 0.25) is 0 Å². The van der Waals surface area contributed by atoms with Gasteiger partial charge in [-0.2, -0.15) is 0 Å². The van der Waals surface area contributed by atoms with E-state index in [-0.39, 0.29) is 17.3 Å². The second-order valence-electron chi connectivity index (χ2n) is 6.41. The topological polar surface area (TPSA) is 60.9 Å². The molecule has 122 valence electrons. The zero-order chi connectivity index (χ0) is 15.6. The van der Waals surface area contributed by atoms with Crippen molar-refractivity contribution in [2.75, 3.05) is 45.5 Å². The van der Waals surface area contributed by atoms with Gasteiger partial charge in [-0.1, -0.05) is 0 Å². The zero-order valence-corrected chi connectivity index (χ0v) is 14.1. The highest BCUT2D eigenvalue weighted by Crippen LogP contribution is 2.21. The van der Waals surface area contributed by atoms with E-state index >= 15 is 0 Å². The summed E-state index contributed by atoms with van der Waals surface area (Å²) < 4.78 is 23.7. The number of piperazine rings is 1. The van der Waals surface area contributed by atoms with Crippen LogP contribution in [-0.2, 0) is 9.84 Å². The van der Waals surface area contributed by atoms with Gasteiger partial charge in [0.1, 0.15) is 0 Å². The number of nitrogens with zero attached hydrogens (tertiary/aromatic N) is 3. The molecule has 2 heterocycles. The Kier molecular flexibility index (Phi) is 5.14. The van der Waals surface area contributed by atoms with Gasteiger partial charge in [-0.25, -0.2) is 13.2 Å². The number of amides is 2. The Bertz CT molecular complexity index is 470. The molecular weight excluding hydrogens is 290 g/mol. The van der Waals surface area contributed by atoms with Gasteiger partial charge in [0.2, 0.25) is 0 Å². The first-order chi connectivity index (χ1) is 9.81. The van der Waals surface area contributed by atoms with Crippen LogP contribution in [0.25, 0.3) is 0 Å². The number of urea groups is 1. The van der Waals surface area contributed by atoms with Gasteiger partial charge in [0.15, 0.2) is 9.84 Å². The Morgan fingerprint density at radius 2 is 1.86 bits per heavy atom. The van der Waals surface area contributed by atoms with Crippen LogP contribution < -0.4 is 0 Å². The van der Waals surface area contributed by atoms with Gasteiger partial charge >= 0.3 is 6.03 Å². The van der Waals surface area contributed by atoms with Gasteiger partial charge in [0.05, 0.1) is 11.0 Å². The SMILES string of the molecule is CC(C)N(C)C(=O)N1CCN(CC2CCCS2(=O)=O)CC1. The fourth-order valence-corrected chi connectivity index (χ4v) is 4.78. The van der Waals surface area contributed by atoms with Gasteiger partial charge in [-0.15, -0.1) is 0 Å². The van der Waals surface area contributed by atoms with E-state index in [0.717, 1.165) is 25.9 Å². The summed E-state index contributed by atoms with van der Waals surface area (Å²) in [5.74, 6) is 0.343. The predicted molar refractivity (Wildman–Crippen MR) is 83.1 cm³/mol. The molecule has 0 aliphatic carbocycles. The molecule has 1 unspecified atom stereocenters. The van der Waals surface area contributed by atoms with Crippen molar-refractivity contribution in [2.24, 2.45) is 0 Å². The van der Waals surface area contributed by atoms with Crippen LogP contribution in [0, 0.1) is 0 Å². The highest BCUT2D eigenvalue weighted by atomic mass is 32.2. The van der Waals surface area contributed by atoms with Gasteiger partial charge in [-0.05, 0) is 26.7 Å². The molecule has 2 aliphatic rings. The van der Waals surface area contributed by atoms with Crippen LogP contribution in [0.5, 0.6) is 0 Å². The molecule has 0 radical (unpaired) electrons. The molecule has 0 saturated carbocycles. The minimum Gasteiger partial charge on any atom is -0.325 e. The number of hydrogen-bond acceptors (Lipinski definition) is 4. The van der Waals surface area contributed by atoms with Crippen LogP contribution in [-0.4, -0.2) is 86.0 Å². The van der Waals surface area contributed by atoms with Gasteiger partial charge in [0, 0.05) is 45.8 Å². The first-order valence-corrected chi connectivity index (χ1v) is 9.48. The molecule has 2 amide bonds. The minimum atomic E-state index is -2.87. The third-order valence-corrected chi connectivity index (χ3v) is 6.90. The van der Waals surface area contributed by atoms with E-state index in [9.17, 15) is 13.2 Å². The van der Waals surface area contributed by atoms with Crippen LogP contribution in [0.1, 0.15) is 26.7 Å². The first kappa shape index (κ1) is 16.5. The third-order valence-electron chi connectivity index (χ3n) is 4.64. The number of carbonyl (C=O) groups is 1. The highest BCUT2D eigenvalue weighted by molar-refractivity contribution is 7.92. The number of carbonyl (C=O) groups excluding carboxylic acids is 1. The summed E-state index contributed by atoms with van der Waals surface area (Å²) in [6.45, 7) is 7.53. The van der Waals surface area contributed by atoms with Crippen LogP contribution in [0.4, 0.5) is 4.79 Å². The smallest absolute Gasteiger partial charge is 0.320 e. The first-order valence-electron chi connectivity index (χ1n) is 7.77. The van der Waals surface area contributed by atoms with E-state index in [2.05, 4.69) is 4.90 Å². The van der Waals surface area contributed by atoms with Crippen LogP contribution in [0.15, 0.2) is 0 Å². The molecule has 2 aliphatic heterocycles. The lowest BCUT2D eigenvalue weighted by molar-refractivity contribution is 0.112. The van der Waals surface area contributed by atoms with Crippen molar-refractivity contribution in [3.63, 3.8) is 0 Å². The fourth-order valence-electron chi connectivity index (χ4n) is 2.92. The summed E-state index contributed by atoms with van der Waals surface area (Å²) in [6.07, 6.45) is 1.59. The molecule has 7 heteroatoms. The monoisotopic (exact) mass is 317 g/mol. The molecule has 6 nitrogen and oxygen atoms in total. The van der Waals surface area contributed by atoms with E-state index < -0.39 is 9.84 Å². The number of sulfone groups is 1. The Labute approximate surface area is 128 Å². The van der Waals surface area contributed by atoms with E-state index in [4.69, 9.17) is 0 Å². The maximum absolute atomic E-state index is 12.2. The summed E-state index contributed by atoms with van der Waals surface area (Å²) in [6, 6.07) is 0.261. The summed E-state index contributed by atoms with van der Waals surface area (Å²) in [5, 5.41) is -0.196. The van der Waals surface area contributed by atoms with Crippen LogP contribution in [0.3, 0.4) is 0 Å². The largest absolute Gasteiger partial charge is 0.325 e. The third kappa shape index (κ3) is 3.88. The average molecular weight is 317 g/mol. The molecular formula is C14H27N3O3S. The van der Waals surface area contributed by atoms with E-state index in [0.29, 0.717) is 25.4 Å². The van der Waals surface area contributed by atoms with Crippen molar-refractivity contribution in [3.8, 4) is 0 Å². The molecule has 0 aromatic heterocycles. The van der Waals surface area contributed by atoms with Gasteiger partial charge in [0.25, 0.3) is 0 Å². The van der Waals surface area contributed by atoms with E-state index in [1.165, 1.54) is 0 Å². The van der Waals surface area contributed by atoms with Crippen molar-refractivity contribution < 1.29 is 13.2 Å². The van der Waals surface area contributed by atoms with E-state index in [1.807, 2.05) is 25.8 Å². The Hall–Kier alpha value is -0.820. The molecule has 2 saturated heterocycles. The molecule has 0 N–H and O–H groups in total. The summed E-state index contributed by atoms with van der Waals surface area (Å²) in [5.41, 5.74) is 0. The van der Waals surface area contributed by atoms with Crippen molar-refractivity contribution in [1.29, 1.82) is 0 Å². The second-order valence-corrected chi connectivity index (χ2v) is 8.81. The predicted octanol–water partition coefficient (Wildman–Crippen LogP) is 0.641. The van der Waals surface area contributed by atoms with Gasteiger partial charge in [-0.3, -0.25) is 4.90 Å². The van der Waals surface area contributed by atoms with Crippen molar-refractivity contribution in [1.82, 2.24) is 14.7 Å². The van der Waals surface area contributed by atoms with Gasteiger partial charge < -0.3 is 9.80 Å². The summed E-state index contributed by atoms with van der Waals surface area (Å²) in [4.78, 5) is 18.0. The second kappa shape index (κ2) is 6.52. The maximum Gasteiger partial charge on any atom is 0.320 e. The van der Waals surface area contributed by atoms with E-state index in [1.54, 1.807) is 4.90 Å². The molecule has 2 rings (SSSR count). The fraction of sp³-hybridized carbons (Fsp3) is 0.929. The normalized spacial score (nSPS) is 26.3. The molecule has 0 bridgehead atoms. The molecule has 2 fully saturated rings. The summed E-state index contributed by atoms with van der Waals surface area (Å²) in [7, 11) is -1.05. The molecule has 0 spiro atoms. The summed E-state index contributed by atoms with van der Waals surface area (Å²) >= 11 is 0. The maximum atomic E-state index is 12.2. The number of rotatable bonds is 3. The lowest BCUT2D eigenvalue weighted by Crippen LogP contribution is -2.54. The van der Waals surface area contributed by atoms with Crippen molar-refractivity contribution in [3.05, 3.63) is 0 Å².